The van der Waals surface area contributed by atoms with Crippen LogP contribution in [0.3, 0.4) is 0 Å². The number of rotatable bonds is 8. The van der Waals surface area contributed by atoms with Crippen molar-refractivity contribution in [1.29, 1.82) is 0 Å². The molecule has 2 aromatic heterocycles. The second-order valence-electron chi connectivity index (χ2n) is 7.96. The summed E-state index contributed by atoms with van der Waals surface area (Å²) in [5, 5.41) is 14.1. The molecular weight excluding hydrogens is 449 g/mol. The third kappa shape index (κ3) is 5.87. The fraction of sp³-hybridized carbons (Fsp3) is 0.304. The van der Waals surface area contributed by atoms with Gasteiger partial charge < -0.3 is 10.6 Å². The van der Waals surface area contributed by atoms with E-state index >= 15 is 0 Å². The van der Waals surface area contributed by atoms with Gasteiger partial charge in [-0.2, -0.15) is 5.10 Å². The van der Waals surface area contributed by atoms with Gasteiger partial charge in [-0.3, -0.25) is 19.7 Å². The standard InChI is InChI=1S/C23H23Cl2N5O2/c24-17-5-4-15(19(25)11-17)10-23(32)27-18-8-16(9-18)20-12-21(30-29-20)28-22(31)6-3-14-2-1-7-26-13-14/h1-2,4-5,7,11-13,16,18H,3,6,8-10H2,(H,27,32)(H2,28,29,30,31)/t16-,18+. The van der Waals surface area contributed by atoms with Gasteiger partial charge in [0.1, 0.15) is 0 Å². The second kappa shape index (κ2) is 10.1. The predicted molar refractivity (Wildman–Crippen MR) is 124 cm³/mol. The minimum absolute atomic E-state index is 0.0659. The van der Waals surface area contributed by atoms with Gasteiger partial charge in [0.15, 0.2) is 5.82 Å². The van der Waals surface area contributed by atoms with Crippen LogP contribution in [-0.4, -0.2) is 33.0 Å². The SMILES string of the molecule is O=C(CCc1cccnc1)Nc1cc([C@H]2C[C@@H](NC(=O)Cc3ccc(Cl)cc3Cl)C2)[nH]n1. The molecular formula is C23H23Cl2N5O2. The van der Waals surface area contributed by atoms with E-state index in [1.165, 1.54) is 0 Å². The van der Waals surface area contributed by atoms with Gasteiger partial charge in [-0.1, -0.05) is 35.3 Å². The fourth-order valence-electron chi connectivity index (χ4n) is 3.73. The number of nitrogens with zero attached hydrogens (tertiary/aromatic N) is 2. The summed E-state index contributed by atoms with van der Waals surface area (Å²) in [7, 11) is 0. The summed E-state index contributed by atoms with van der Waals surface area (Å²) < 4.78 is 0. The molecule has 1 fully saturated rings. The van der Waals surface area contributed by atoms with E-state index in [0.29, 0.717) is 28.7 Å². The maximum absolute atomic E-state index is 12.3. The third-order valence-electron chi connectivity index (χ3n) is 5.54. The Labute approximate surface area is 195 Å². The number of amides is 2. The Morgan fingerprint density at radius 1 is 1.12 bits per heavy atom. The molecule has 0 aliphatic heterocycles. The minimum Gasteiger partial charge on any atom is -0.353 e. The molecule has 1 saturated carbocycles. The average molecular weight is 472 g/mol. The number of aromatic nitrogens is 3. The Hall–Kier alpha value is -2.90. The number of pyridine rings is 1. The summed E-state index contributed by atoms with van der Waals surface area (Å²) in [6, 6.07) is 10.9. The van der Waals surface area contributed by atoms with Crippen LogP contribution in [0.25, 0.3) is 0 Å². The molecule has 1 aliphatic carbocycles. The lowest BCUT2D eigenvalue weighted by atomic mass is 9.78. The lowest BCUT2D eigenvalue weighted by Gasteiger charge is -2.35. The van der Waals surface area contributed by atoms with Crippen molar-refractivity contribution < 1.29 is 9.59 Å². The number of anilines is 1. The molecule has 4 rings (SSSR count). The van der Waals surface area contributed by atoms with Crippen LogP contribution < -0.4 is 10.6 Å². The largest absolute Gasteiger partial charge is 0.353 e. The van der Waals surface area contributed by atoms with Gasteiger partial charge in [-0.25, -0.2) is 0 Å². The van der Waals surface area contributed by atoms with Crippen LogP contribution in [-0.2, 0) is 22.4 Å². The highest BCUT2D eigenvalue weighted by Crippen LogP contribution is 2.36. The molecule has 0 saturated heterocycles. The van der Waals surface area contributed by atoms with Crippen molar-refractivity contribution in [3.8, 4) is 0 Å². The molecule has 2 amide bonds. The van der Waals surface area contributed by atoms with Crippen LogP contribution in [0, 0.1) is 0 Å². The highest BCUT2D eigenvalue weighted by atomic mass is 35.5. The van der Waals surface area contributed by atoms with E-state index in [4.69, 9.17) is 23.2 Å². The Morgan fingerprint density at radius 3 is 2.72 bits per heavy atom. The van der Waals surface area contributed by atoms with Gasteiger partial charge in [-0.15, -0.1) is 0 Å². The monoisotopic (exact) mass is 471 g/mol. The molecule has 166 valence electrons. The van der Waals surface area contributed by atoms with Crippen molar-refractivity contribution in [2.24, 2.45) is 0 Å². The van der Waals surface area contributed by atoms with Crippen LogP contribution in [0.2, 0.25) is 10.0 Å². The highest BCUT2D eigenvalue weighted by Gasteiger charge is 2.32. The summed E-state index contributed by atoms with van der Waals surface area (Å²) in [5.41, 5.74) is 2.73. The Morgan fingerprint density at radius 2 is 1.97 bits per heavy atom. The smallest absolute Gasteiger partial charge is 0.225 e. The maximum atomic E-state index is 12.3. The summed E-state index contributed by atoms with van der Waals surface area (Å²) >= 11 is 12.0. The third-order valence-corrected chi connectivity index (χ3v) is 6.12. The average Bonchev–Trinajstić information content (AvgIpc) is 3.19. The van der Waals surface area contributed by atoms with Crippen molar-refractivity contribution in [2.45, 2.75) is 44.1 Å². The molecule has 1 aliphatic rings. The zero-order valence-electron chi connectivity index (χ0n) is 17.3. The van der Waals surface area contributed by atoms with Gasteiger partial charge in [0, 0.05) is 52.6 Å². The van der Waals surface area contributed by atoms with Crippen molar-refractivity contribution >= 4 is 40.8 Å². The Balaban J connectivity index is 1.20. The first-order valence-electron chi connectivity index (χ1n) is 10.4. The summed E-state index contributed by atoms with van der Waals surface area (Å²) in [5.74, 6) is 0.629. The molecule has 0 unspecified atom stereocenters. The molecule has 0 bridgehead atoms. The van der Waals surface area contributed by atoms with Crippen molar-refractivity contribution in [3.63, 3.8) is 0 Å². The van der Waals surface area contributed by atoms with Crippen molar-refractivity contribution in [1.82, 2.24) is 20.5 Å². The van der Waals surface area contributed by atoms with E-state index in [0.717, 1.165) is 29.7 Å². The van der Waals surface area contributed by atoms with Gasteiger partial charge in [-0.05, 0) is 48.6 Å². The first-order valence-corrected chi connectivity index (χ1v) is 11.2. The normalized spacial score (nSPS) is 17.4. The number of carbonyl (C=O) groups is 2. The lowest BCUT2D eigenvalue weighted by Crippen LogP contribution is -2.44. The molecule has 1 aromatic carbocycles. The van der Waals surface area contributed by atoms with Crippen LogP contribution in [0.5, 0.6) is 0 Å². The molecule has 9 heteroatoms. The molecule has 3 aromatic rings. The Bertz CT molecular complexity index is 1100. The molecule has 0 radical (unpaired) electrons. The van der Waals surface area contributed by atoms with E-state index in [9.17, 15) is 9.59 Å². The molecule has 7 nitrogen and oxygen atoms in total. The van der Waals surface area contributed by atoms with Gasteiger partial charge in [0.05, 0.1) is 6.42 Å². The molecule has 2 heterocycles. The number of hydrogen-bond acceptors (Lipinski definition) is 4. The number of H-pyrrole nitrogens is 1. The van der Waals surface area contributed by atoms with E-state index in [1.807, 2.05) is 18.2 Å². The van der Waals surface area contributed by atoms with Crippen LogP contribution in [0.1, 0.15) is 42.0 Å². The first-order chi connectivity index (χ1) is 15.5. The van der Waals surface area contributed by atoms with Crippen LogP contribution in [0.4, 0.5) is 5.82 Å². The number of halogens is 2. The number of aromatic amines is 1. The van der Waals surface area contributed by atoms with E-state index in [1.54, 1.807) is 30.6 Å². The van der Waals surface area contributed by atoms with Crippen molar-refractivity contribution in [3.05, 3.63) is 75.7 Å². The zero-order chi connectivity index (χ0) is 22.5. The topological polar surface area (TPSA) is 99.8 Å². The summed E-state index contributed by atoms with van der Waals surface area (Å²) in [6.45, 7) is 0. The number of carbonyl (C=O) groups excluding carboxylic acids is 2. The molecule has 0 spiro atoms. The van der Waals surface area contributed by atoms with E-state index in [-0.39, 0.29) is 30.2 Å². The predicted octanol–water partition coefficient (Wildman–Crippen LogP) is 4.29. The molecule has 0 atom stereocenters. The number of aryl methyl sites for hydroxylation is 1. The number of benzene rings is 1. The molecule has 3 N–H and O–H groups in total. The van der Waals surface area contributed by atoms with E-state index < -0.39 is 0 Å². The van der Waals surface area contributed by atoms with Crippen LogP contribution >= 0.6 is 23.2 Å². The fourth-order valence-corrected chi connectivity index (χ4v) is 4.20. The van der Waals surface area contributed by atoms with Crippen molar-refractivity contribution in [2.75, 3.05) is 5.32 Å². The van der Waals surface area contributed by atoms with Crippen LogP contribution in [0.15, 0.2) is 48.8 Å². The Kier molecular flexibility index (Phi) is 7.07. The quantitative estimate of drug-likeness (QED) is 0.456. The summed E-state index contributed by atoms with van der Waals surface area (Å²) in [4.78, 5) is 28.5. The van der Waals surface area contributed by atoms with Gasteiger partial charge in [0.25, 0.3) is 0 Å². The lowest BCUT2D eigenvalue weighted by molar-refractivity contribution is -0.121. The minimum atomic E-state index is -0.0912. The number of nitrogens with one attached hydrogen (secondary N) is 3. The van der Waals surface area contributed by atoms with E-state index in [2.05, 4.69) is 25.8 Å². The highest BCUT2D eigenvalue weighted by molar-refractivity contribution is 6.35. The number of hydrogen-bond donors (Lipinski definition) is 3. The zero-order valence-corrected chi connectivity index (χ0v) is 18.8. The van der Waals surface area contributed by atoms with Gasteiger partial charge in [0.2, 0.25) is 11.8 Å². The first kappa shape index (κ1) is 22.3. The maximum Gasteiger partial charge on any atom is 0.225 e. The second-order valence-corrected chi connectivity index (χ2v) is 8.81. The van der Waals surface area contributed by atoms with Gasteiger partial charge >= 0.3 is 0 Å². The molecule has 32 heavy (non-hydrogen) atoms. The summed E-state index contributed by atoms with van der Waals surface area (Å²) in [6.07, 6.45) is 6.31.